The number of allylic oxidation sites excluding steroid dienone is 2. The molecule has 1 fully saturated rings. The molecule has 1 aliphatic heterocycles. The van der Waals surface area contributed by atoms with Crippen LogP contribution in [0.3, 0.4) is 0 Å². The van der Waals surface area contributed by atoms with E-state index in [0.29, 0.717) is 6.32 Å². The molecule has 0 aliphatic carbocycles. The summed E-state index contributed by atoms with van der Waals surface area (Å²) in [5, 5.41) is 0. The fourth-order valence-corrected chi connectivity index (χ4v) is 2.73. The van der Waals surface area contributed by atoms with Gasteiger partial charge in [0.1, 0.15) is 5.75 Å². The van der Waals surface area contributed by atoms with Crippen LogP contribution >= 0.6 is 0 Å². The second-order valence-corrected chi connectivity index (χ2v) is 6.65. The van der Waals surface area contributed by atoms with Crippen LogP contribution in [0.5, 0.6) is 5.75 Å². The summed E-state index contributed by atoms with van der Waals surface area (Å²) < 4.78 is 16.0. The summed E-state index contributed by atoms with van der Waals surface area (Å²) in [7, 11) is 0.862. The molecule has 0 atom stereocenters. The molecule has 1 aliphatic rings. The molecule has 1 aromatic carbocycles. The van der Waals surface area contributed by atoms with Crippen molar-refractivity contribution in [2.75, 3.05) is 26.7 Å². The van der Waals surface area contributed by atoms with Crippen molar-refractivity contribution < 1.29 is 23.6 Å². The molecule has 1 saturated heterocycles. The number of ether oxygens (including phenoxy) is 1. The Labute approximate surface area is 161 Å². The van der Waals surface area contributed by atoms with Crippen molar-refractivity contribution in [3.8, 4) is 5.75 Å². The van der Waals surface area contributed by atoms with E-state index in [9.17, 15) is 9.59 Å². The molecule has 0 N–H and O–H groups in total. The Morgan fingerprint density at radius 2 is 1.67 bits per heavy atom. The van der Waals surface area contributed by atoms with Crippen LogP contribution < -0.4 is 4.74 Å². The Morgan fingerprint density at radius 1 is 1.00 bits per heavy atom. The third kappa shape index (κ3) is 9.29. The van der Waals surface area contributed by atoms with E-state index in [1.54, 1.807) is 11.9 Å². The molecule has 27 heavy (non-hydrogen) atoms. The van der Waals surface area contributed by atoms with Crippen LogP contribution in [0, 0.1) is 0 Å². The first-order valence-electron chi connectivity index (χ1n) is 9.54. The Balaban J connectivity index is 1.50. The predicted octanol–water partition coefficient (Wildman–Crippen LogP) is 3.09. The van der Waals surface area contributed by atoms with Crippen LogP contribution in [0.4, 0.5) is 0 Å². The van der Waals surface area contributed by atoms with Gasteiger partial charge in [-0.3, -0.25) is 14.5 Å². The van der Waals surface area contributed by atoms with Gasteiger partial charge in [0.15, 0.2) is 0 Å². The largest absolute Gasteiger partial charge is 0.602 e. The van der Waals surface area contributed by atoms with E-state index in [1.165, 1.54) is 0 Å². The zero-order valence-corrected chi connectivity index (χ0v) is 16.0. The molecule has 0 bridgehead atoms. The standard InChI is InChI=1S/C20H28BNO5/c1-22-16-19(23)26-21(27-20(24)17-22)14-10-5-3-2-4-6-11-15-25-18-12-8-7-9-13-18/h5,7-10,12-13H,2-4,6,11,14-17H2,1H3/b10-5+. The van der Waals surface area contributed by atoms with Gasteiger partial charge in [-0.05, 0) is 38.4 Å². The van der Waals surface area contributed by atoms with Crippen LogP contribution in [0.25, 0.3) is 0 Å². The van der Waals surface area contributed by atoms with E-state index < -0.39 is 7.12 Å². The van der Waals surface area contributed by atoms with E-state index in [1.807, 2.05) is 42.5 Å². The monoisotopic (exact) mass is 373 g/mol. The van der Waals surface area contributed by atoms with Crippen molar-refractivity contribution in [1.29, 1.82) is 0 Å². The molecule has 0 aromatic heterocycles. The SMILES string of the molecule is CN1CC(=O)OB(C/C=C/CCCCCCOc2ccccc2)OC(=O)C1. The summed E-state index contributed by atoms with van der Waals surface area (Å²) >= 11 is 0. The van der Waals surface area contributed by atoms with Gasteiger partial charge in [-0.1, -0.05) is 43.2 Å². The molecule has 1 heterocycles. The molecule has 2 rings (SSSR count). The average molecular weight is 373 g/mol. The summed E-state index contributed by atoms with van der Waals surface area (Å²) in [6.45, 7) is 0.945. The number of nitrogens with zero attached hydrogens (tertiary/aromatic N) is 1. The average Bonchev–Trinajstić information content (AvgIpc) is 2.62. The number of hydrogen-bond acceptors (Lipinski definition) is 6. The lowest BCUT2D eigenvalue weighted by molar-refractivity contribution is -0.145. The number of para-hydroxylation sites is 1. The van der Waals surface area contributed by atoms with Crippen molar-refractivity contribution >= 4 is 19.1 Å². The maximum absolute atomic E-state index is 11.6. The third-order valence-corrected chi connectivity index (χ3v) is 4.10. The highest BCUT2D eigenvalue weighted by atomic mass is 16.6. The second-order valence-electron chi connectivity index (χ2n) is 6.65. The Morgan fingerprint density at radius 3 is 2.37 bits per heavy atom. The first-order valence-corrected chi connectivity index (χ1v) is 9.54. The fraction of sp³-hybridized carbons (Fsp3) is 0.500. The number of likely N-dealkylation sites (N-methyl/N-ethyl adjacent to an activating group) is 1. The highest BCUT2D eigenvalue weighted by Gasteiger charge is 2.30. The summed E-state index contributed by atoms with van der Waals surface area (Å²) in [5.74, 6) is 0.171. The number of rotatable bonds is 10. The number of hydrogen-bond donors (Lipinski definition) is 0. The minimum atomic E-state index is -0.815. The van der Waals surface area contributed by atoms with Gasteiger partial charge < -0.3 is 14.0 Å². The van der Waals surface area contributed by atoms with Crippen molar-refractivity contribution in [3.05, 3.63) is 42.5 Å². The van der Waals surface area contributed by atoms with Crippen molar-refractivity contribution in [2.24, 2.45) is 0 Å². The van der Waals surface area contributed by atoms with Gasteiger partial charge in [-0.15, -0.1) is 0 Å². The van der Waals surface area contributed by atoms with Crippen LogP contribution in [0.2, 0.25) is 6.32 Å². The van der Waals surface area contributed by atoms with Crippen LogP contribution in [0.1, 0.15) is 32.1 Å². The van der Waals surface area contributed by atoms with E-state index in [4.69, 9.17) is 14.0 Å². The minimum Gasteiger partial charge on any atom is -0.498 e. The minimum absolute atomic E-state index is 0.100. The molecule has 0 radical (unpaired) electrons. The number of unbranched alkanes of at least 4 members (excludes halogenated alkanes) is 4. The predicted molar refractivity (Wildman–Crippen MR) is 104 cm³/mol. The highest BCUT2D eigenvalue weighted by Crippen LogP contribution is 2.11. The van der Waals surface area contributed by atoms with Gasteiger partial charge in [0, 0.05) is 6.32 Å². The van der Waals surface area contributed by atoms with Crippen LogP contribution in [-0.2, 0) is 18.9 Å². The van der Waals surface area contributed by atoms with Crippen molar-refractivity contribution in [3.63, 3.8) is 0 Å². The van der Waals surface area contributed by atoms with Crippen LogP contribution in [-0.4, -0.2) is 50.7 Å². The normalized spacial score (nSPS) is 16.0. The van der Waals surface area contributed by atoms with E-state index in [0.717, 1.165) is 44.5 Å². The fourth-order valence-electron chi connectivity index (χ4n) is 2.73. The van der Waals surface area contributed by atoms with Gasteiger partial charge in [0.25, 0.3) is 0 Å². The molecular formula is C20H28BNO5. The lowest BCUT2D eigenvalue weighted by Crippen LogP contribution is -2.42. The zero-order chi connectivity index (χ0) is 19.3. The first kappa shape index (κ1) is 21.0. The number of carbonyl (C=O) groups is 2. The molecule has 146 valence electrons. The van der Waals surface area contributed by atoms with Gasteiger partial charge >= 0.3 is 19.1 Å². The Kier molecular flexibility index (Phi) is 9.48. The van der Waals surface area contributed by atoms with E-state index in [2.05, 4.69) is 0 Å². The highest BCUT2D eigenvalue weighted by molar-refractivity contribution is 6.49. The lowest BCUT2D eigenvalue weighted by atomic mass is 9.84. The van der Waals surface area contributed by atoms with Crippen LogP contribution in [0.15, 0.2) is 42.5 Å². The smallest absolute Gasteiger partial charge is 0.498 e. The molecule has 1 aromatic rings. The molecule has 0 amide bonds. The Hall–Kier alpha value is -2.28. The zero-order valence-electron chi connectivity index (χ0n) is 16.0. The van der Waals surface area contributed by atoms with Gasteiger partial charge in [0.2, 0.25) is 0 Å². The Bertz CT molecular complexity index is 588. The second kappa shape index (κ2) is 12.2. The van der Waals surface area contributed by atoms with E-state index >= 15 is 0 Å². The molecule has 0 saturated carbocycles. The maximum Gasteiger partial charge on any atom is 0.602 e. The summed E-state index contributed by atoms with van der Waals surface area (Å²) in [5.41, 5.74) is 0. The summed E-state index contributed by atoms with van der Waals surface area (Å²) in [4.78, 5) is 24.8. The molecule has 0 spiro atoms. The van der Waals surface area contributed by atoms with Gasteiger partial charge in [0.05, 0.1) is 19.7 Å². The third-order valence-electron chi connectivity index (χ3n) is 4.10. The van der Waals surface area contributed by atoms with Crippen molar-refractivity contribution in [1.82, 2.24) is 4.90 Å². The molecule has 7 heteroatoms. The topological polar surface area (TPSA) is 65.1 Å². The lowest BCUT2D eigenvalue weighted by Gasteiger charge is -2.21. The summed E-state index contributed by atoms with van der Waals surface area (Å²) in [6, 6.07) is 9.85. The molecular weight excluding hydrogens is 345 g/mol. The van der Waals surface area contributed by atoms with Gasteiger partial charge in [-0.2, -0.15) is 0 Å². The molecule has 0 unspecified atom stereocenters. The summed E-state index contributed by atoms with van der Waals surface area (Å²) in [6.07, 6.45) is 9.72. The van der Waals surface area contributed by atoms with Crippen molar-refractivity contribution in [2.45, 2.75) is 38.4 Å². The number of carbonyl (C=O) groups excluding carboxylic acids is 2. The number of benzene rings is 1. The van der Waals surface area contributed by atoms with E-state index in [-0.39, 0.29) is 25.0 Å². The first-order chi connectivity index (χ1) is 13.1. The molecule has 6 nitrogen and oxygen atoms in total. The quantitative estimate of drug-likeness (QED) is 0.357. The maximum atomic E-state index is 11.6. The van der Waals surface area contributed by atoms with Gasteiger partial charge in [-0.25, -0.2) is 0 Å².